The van der Waals surface area contributed by atoms with Crippen molar-refractivity contribution in [3.05, 3.63) is 52.7 Å². The van der Waals surface area contributed by atoms with Crippen LogP contribution in [0.5, 0.6) is 5.75 Å². The van der Waals surface area contributed by atoms with Crippen LogP contribution in [0, 0.1) is 5.92 Å². The van der Waals surface area contributed by atoms with Crippen molar-refractivity contribution in [2.45, 2.75) is 44.4 Å². The lowest BCUT2D eigenvalue weighted by atomic mass is 10.0. The minimum absolute atomic E-state index is 0.0276. The van der Waals surface area contributed by atoms with Crippen LogP contribution in [0.1, 0.15) is 47.9 Å². The van der Waals surface area contributed by atoms with Crippen LogP contribution in [0.25, 0.3) is 10.9 Å². The van der Waals surface area contributed by atoms with Gasteiger partial charge in [-0.2, -0.15) is 0 Å². The Morgan fingerprint density at radius 1 is 1.17 bits per heavy atom. The maximum atomic E-state index is 13.4. The van der Waals surface area contributed by atoms with E-state index in [1.165, 1.54) is 18.5 Å². The van der Waals surface area contributed by atoms with Crippen LogP contribution in [0.2, 0.25) is 5.02 Å². The number of amides is 1. The Morgan fingerprint density at radius 3 is 2.89 bits per heavy atom. The molecule has 0 radical (unpaired) electrons. The molecule has 7 nitrogen and oxygen atoms in total. The van der Waals surface area contributed by atoms with Gasteiger partial charge in [0.05, 0.1) is 28.5 Å². The lowest BCUT2D eigenvalue weighted by molar-refractivity contribution is 0.0708. The predicted molar refractivity (Wildman–Crippen MR) is 138 cm³/mol. The molecule has 7 rings (SSSR count). The number of hydrogen-bond donors (Lipinski definition) is 2. The molecule has 4 heterocycles. The Labute approximate surface area is 209 Å². The summed E-state index contributed by atoms with van der Waals surface area (Å²) in [5, 5.41) is 5.70. The number of fused-ring (bicyclic) bond motifs is 1. The lowest BCUT2D eigenvalue weighted by Crippen LogP contribution is -2.45. The summed E-state index contributed by atoms with van der Waals surface area (Å²) in [5.74, 6) is 1.51. The van der Waals surface area contributed by atoms with Crippen molar-refractivity contribution in [3.8, 4) is 5.75 Å². The standard InChI is InChI=1S/C27H30ClN5O2/c28-20-5-1-3-17-12-22(33(24(17)20)14-16-6-7-16)26-30-21-11-18(13-23-25(21)32(26)9-10-35-23)27(34)31-8-2-4-19(29)15-31/h1,3,5,11-13,16,19,26,30H,2,4,6-10,14-15,29H2/t19?,26-/m1/s1. The summed E-state index contributed by atoms with van der Waals surface area (Å²) in [6, 6.07) is 12.4. The second-order valence-corrected chi connectivity index (χ2v) is 10.8. The highest BCUT2D eigenvalue weighted by Gasteiger charge is 2.39. The van der Waals surface area contributed by atoms with Crippen molar-refractivity contribution < 1.29 is 9.53 Å². The zero-order valence-electron chi connectivity index (χ0n) is 19.7. The Bertz CT molecular complexity index is 1330. The zero-order chi connectivity index (χ0) is 23.7. The lowest BCUT2D eigenvalue weighted by Gasteiger charge is -2.33. The van der Waals surface area contributed by atoms with Crippen LogP contribution in [-0.4, -0.2) is 47.7 Å². The number of carbonyl (C=O) groups excluding carboxylic acids is 1. The van der Waals surface area contributed by atoms with Crippen molar-refractivity contribution in [1.82, 2.24) is 9.47 Å². The summed E-state index contributed by atoms with van der Waals surface area (Å²) in [4.78, 5) is 17.6. The van der Waals surface area contributed by atoms with Gasteiger partial charge in [-0.3, -0.25) is 4.79 Å². The molecular formula is C27H30ClN5O2. The molecule has 35 heavy (non-hydrogen) atoms. The third kappa shape index (κ3) is 3.55. The smallest absolute Gasteiger partial charge is 0.254 e. The van der Waals surface area contributed by atoms with Crippen molar-refractivity contribution in [2.75, 3.05) is 36.5 Å². The highest BCUT2D eigenvalue weighted by molar-refractivity contribution is 6.35. The molecule has 3 aromatic rings. The summed E-state index contributed by atoms with van der Waals surface area (Å²) in [7, 11) is 0. The SMILES string of the molecule is NC1CCCN(C(=O)c2cc3c4c(c2)OCCN4[C@H](c2cc4cccc(Cl)c4n2CC2CC2)N3)C1. The molecule has 0 spiro atoms. The normalized spacial score (nSPS) is 23.3. The maximum Gasteiger partial charge on any atom is 0.254 e. The first-order chi connectivity index (χ1) is 17.1. The first-order valence-electron chi connectivity index (χ1n) is 12.7. The summed E-state index contributed by atoms with van der Waals surface area (Å²) >= 11 is 6.70. The van der Waals surface area contributed by atoms with Crippen molar-refractivity contribution in [1.29, 1.82) is 0 Å². The van der Waals surface area contributed by atoms with Gasteiger partial charge in [0, 0.05) is 36.6 Å². The molecule has 1 saturated heterocycles. The molecule has 0 bridgehead atoms. The number of nitrogens with two attached hydrogens (primary N) is 1. The third-order valence-corrected chi connectivity index (χ3v) is 8.17. The van der Waals surface area contributed by atoms with Crippen LogP contribution in [-0.2, 0) is 6.54 Å². The molecule has 1 aromatic heterocycles. The fourth-order valence-corrected chi connectivity index (χ4v) is 6.27. The number of anilines is 2. The number of halogens is 1. The van der Waals surface area contributed by atoms with Crippen molar-refractivity contribution in [3.63, 3.8) is 0 Å². The van der Waals surface area contributed by atoms with E-state index >= 15 is 0 Å². The Morgan fingerprint density at radius 2 is 2.06 bits per heavy atom. The summed E-state index contributed by atoms with van der Waals surface area (Å²) in [6.07, 6.45) is 4.43. The molecule has 2 fully saturated rings. The van der Waals surface area contributed by atoms with E-state index in [0.29, 0.717) is 24.6 Å². The minimum atomic E-state index is -0.0383. The molecule has 1 amide bonds. The molecule has 182 valence electrons. The number of piperidine rings is 1. The van der Waals surface area contributed by atoms with Crippen molar-refractivity contribution >= 4 is 39.8 Å². The van der Waals surface area contributed by atoms with Gasteiger partial charge in [0.2, 0.25) is 0 Å². The van der Waals surface area contributed by atoms with Crippen molar-refractivity contribution in [2.24, 2.45) is 11.7 Å². The average Bonchev–Trinajstić information content (AvgIpc) is 3.50. The number of aromatic nitrogens is 1. The van der Waals surface area contributed by atoms with E-state index < -0.39 is 0 Å². The Kier molecular flexibility index (Phi) is 4.93. The fourth-order valence-electron chi connectivity index (χ4n) is 5.99. The Balaban J connectivity index is 1.28. The number of benzene rings is 2. The topological polar surface area (TPSA) is 75.8 Å². The Hall–Kier alpha value is -2.90. The number of carbonyl (C=O) groups is 1. The molecule has 2 aromatic carbocycles. The summed E-state index contributed by atoms with van der Waals surface area (Å²) in [5.41, 5.74) is 11.1. The van der Waals surface area contributed by atoms with E-state index in [9.17, 15) is 4.79 Å². The number of ether oxygens (including phenoxy) is 1. The number of nitrogens with one attached hydrogen (secondary N) is 1. The number of para-hydroxylation sites is 1. The van der Waals surface area contributed by atoms with Gasteiger partial charge in [0.25, 0.3) is 5.91 Å². The number of hydrogen-bond acceptors (Lipinski definition) is 5. The fraction of sp³-hybridized carbons (Fsp3) is 0.444. The zero-order valence-corrected chi connectivity index (χ0v) is 20.4. The highest BCUT2D eigenvalue weighted by atomic mass is 35.5. The third-order valence-electron chi connectivity index (χ3n) is 7.87. The van der Waals surface area contributed by atoms with Gasteiger partial charge in [0.15, 0.2) is 0 Å². The average molecular weight is 492 g/mol. The maximum absolute atomic E-state index is 13.4. The van der Waals surface area contributed by atoms with Gasteiger partial charge in [0.1, 0.15) is 24.2 Å². The van der Waals surface area contributed by atoms with Gasteiger partial charge >= 0.3 is 0 Å². The van der Waals surface area contributed by atoms with Crippen LogP contribution < -0.4 is 20.7 Å². The van der Waals surface area contributed by atoms with Crippen LogP contribution >= 0.6 is 11.6 Å². The molecular weight excluding hydrogens is 462 g/mol. The number of nitrogens with zero attached hydrogens (tertiary/aromatic N) is 3. The molecule has 3 aliphatic heterocycles. The van der Waals surface area contributed by atoms with Crippen LogP contribution in [0.3, 0.4) is 0 Å². The van der Waals surface area contributed by atoms with Gasteiger partial charge in [-0.15, -0.1) is 0 Å². The first-order valence-corrected chi connectivity index (χ1v) is 13.1. The van der Waals surface area contributed by atoms with E-state index in [1.807, 2.05) is 29.2 Å². The van der Waals surface area contributed by atoms with Gasteiger partial charge in [-0.1, -0.05) is 23.7 Å². The highest BCUT2D eigenvalue weighted by Crippen LogP contribution is 2.50. The molecule has 8 heteroatoms. The van der Waals surface area contributed by atoms with Gasteiger partial charge in [-0.05, 0) is 55.9 Å². The first kappa shape index (κ1) is 21.4. The summed E-state index contributed by atoms with van der Waals surface area (Å²) in [6.45, 7) is 3.71. The van der Waals surface area contributed by atoms with E-state index in [4.69, 9.17) is 22.1 Å². The van der Waals surface area contributed by atoms with E-state index in [-0.39, 0.29) is 18.1 Å². The number of rotatable bonds is 4. The largest absolute Gasteiger partial charge is 0.489 e. The van der Waals surface area contributed by atoms with E-state index in [2.05, 4.69) is 26.9 Å². The quantitative estimate of drug-likeness (QED) is 0.558. The molecule has 1 unspecified atom stereocenters. The van der Waals surface area contributed by atoms with Crippen LogP contribution in [0.4, 0.5) is 11.4 Å². The van der Waals surface area contributed by atoms with Gasteiger partial charge < -0.3 is 30.2 Å². The molecule has 1 aliphatic carbocycles. The molecule has 2 atom stereocenters. The second-order valence-electron chi connectivity index (χ2n) is 10.4. The molecule has 1 saturated carbocycles. The van der Waals surface area contributed by atoms with Gasteiger partial charge in [-0.25, -0.2) is 0 Å². The van der Waals surface area contributed by atoms with Crippen LogP contribution in [0.15, 0.2) is 36.4 Å². The molecule has 4 aliphatic rings. The summed E-state index contributed by atoms with van der Waals surface area (Å²) < 4.78 is 8.49. The minimum Gasteiger partial charge on any atom is -0.489 e. The number of likely N-dealkylation sites (tertiary alicyclic amines) is 1. The monoisotopic (exact) mass is 491 g/mol. The van der Waals surface area contributed by atoms with E-state index in [0.717, 1.165) is 65.5 Å². The second kappa shape index (κ2) is 8.07. The predicted octanol–water partition coefficient (Wildman–Crippen LogP) is 4.59. The molecule has 3 N–H and O–H groups in total. The van der Waals surface area contributed by atoms with E-state index in [1.54, 1.807) is 0 Å².